The van der Waals surface area contributed by atoms with Gasteiger partial charge in [0.2, 0.25) is 0 Å². The zero-order chi connectivity index (χ0) is 17.4. The van der Waals surface area contributed by atoms with Crippen molar-refractivity contribution in [1.29, 1.82) is 0 Å². The van der Waals surface area contributed by atoms with Gasteiger partial charge >= 0.3 is 11.9 Å². The molecule has 0 fully saturated rings. The molecule has 0 saturated heterocycles. The van der Waals surface area contributed by atoms with Gasteiger partial charge in [-0.05, 0) is 30.0 Å². The molecule has 5 nitrogen and oxygen atoms in total. The zero-order valence-corrected chi connectivity index (χ0v) is 14.3. The molecule has 0 heterocycles. The molecule has 128 valence electrons. The molecule has 0 amide bonds. The van der Waals surface area contributed by atoms with Gasteiger partial charge in [0.05, 0.1) is 13.0 Å². The maximum atomic E-state index is 11.9. The number of aromatic hydroxyl groups is 1. The van der Waals surface area contributed by atoms with Crippen molar-refractivity contribution in [2.24, 2.45) is 5.92 Å². The van der Waals surface area contributed by atoms with Crippen molar-refractivity contribution in [3.63, 3.8) is 0 Å². The number of phenols is 1. The maximum absolute atomic E-state index is 11.9. The van der Waals surface area contributed by atoms with Gasteiger partial charge in [-0.15, -0.1) is 0 Å². The molecule has 0 saturated carbocycles. The Morgan fingerprint density at radius 3 is 2.57 bits per heavy atom. The number of methoxy groups -OCH3 is 1. The minimum Gasteiger partial charge on any atom is -0.508 e. The predicted octanol–water partition coefficient (Wildman–Crippen LogP) is 3.54. The van der Waals surface area contributed by atoms with E-state index in [1.165, 1.54) is 14.0 Å². The molecule has 1 N–H and O–H groups in total. The molecule has 0 spiro atoms. The first kappa shape index (κ1) is 19.0. The third-order valence-corrected chi connectivity index (χ3v) is 4.01. The molecule has 2 unspecified atom stereocenters. The average Bonchev–Trinajstić information content (AvgIpc) is 2.53. The number of carbonyl (C=O) groups is 2. The Morgan fingerprint density at radius 1 is 1.30 bits per heavy atom. The molecule has 0 aromatic heterocycles. The normalized spacial score (nSPS) is 13.2. The van der Waals surface area contributed by atoms with E-state index in [1.807, 2.05) is 13.0 Å². The fourth-order valence-electron chi connectivity index (χ4n) is 2.61. The van der Waals surface area contributed by atoms with Crippen LogP contribution in [-0.2, 0) is 25.7 Å². The van der Waals surface area contributed by atoms with Crippen LogP contribution in [0.5, 0.6) is 5.75 Å². The summed E-state index contributed by atoms with van der Waals surface area (Å²) in [6, 6.07) is 5.20. The highest BCUT2D eigenvalue weighted by Crippen LogP contribution is 2.33. The van der Waals surface area contributed by atoms with Crippen molar-refractivity contribution < 1.29 is 24.2 Å². The lowest BCUT2D eigenvalue weighted by Gasteiger charge is -2.23. The highest BCUT2D eigenvalue weighted by atomic mass is 16.5. The van der Waals surface area contributed by atoms with Crippen LogP contribution in [0.25, 0.3) is 0 Å². The fourth-order valence-corrected chi connectivity index (χ4v) is 2.61. The molecule has 0 aliphatic rings. The lowest BCUT2D eigenvalue weighted by molar-refractivity contribution is -0.145. The quantitative estimate of drug-likeness (QED) is 0.741. The van der Waals surface area contributed by atoms with Crippen LogP contribution in [0, 0.1) is 5.92 Å². The van der Waals surface area contributed by atoms with Gasteiger partial charge in [-0.3, -0.25) is 9.59 Å². The van der Waals surface area contributed by atoms with E-state index in [1.54, 1.807) is 12.1 Å². The number of carbonyl (C=O) groups excluding carboxylic acids is 2. The second kappa shape index (κ2) is 9.18. The van der Waals surface area contributed by atoms with Crippen LogP contribution in [0.15, 0.2) is 18.2 Å². The smallest absolute Gasteiger partial charge is 0.308 e. The number of phenolic OH excluding ortho intramolecular Hbond substituents is 1. The molecule has 2 atom stereocenters. The second-order valence-corrected chi connectivity index (χ2v) is 5.73. The Kier molecular flexibility index (Phi) is 7.59. The molecule has 5 heteroatoms. The van der Waals surface area contributed by atoms with E-state index in [0.717, 1.165) is 24.8 Å². The molecule has 23 heavy (non-hydrogen) atoms. The molecule has 0 aliphatic carbocycles. The summed E-state index contributed by atoms with van der Waals surface area (Å²) < 4.78 is 9.83. The monoisotopic (exact) mass is 322 g/mol. The van der Waals surface area contributed by atoms with Crippen molar-refractivity contribution in [3.8, 4) is 5.75 Å². The summed E-state index contributed by atoms with van der Waals surface area (Å²) >= 11 is 0. The van der Waals surface area contributed by atoms with Crippen LogP contribution in [0.2, 0.25) is 0 Å². The predicted molar refractivity (Wildman–Crippen MR) is 87.0 cm³/mol. The Bertz CT molecular complexity index is 538. The van der Waals surface area contributed by atoms with Gasteiger partial charge < -0.3 is 14.6 Å². The Labute approximate surface area is 137 Å². The van der Waals surface area contributed by atoms with E-state index in [4.69, 9.17) is 9.47 Å². The topological polar surface area (TPSA) is 72.8 Å². The lowest BCUT2D eigenvalue weighted by Crippen LogP contribution is -2.21. The standard InChI is InChI=1S/C18H26O5/c1-5-6-7-16(12(2)18(21)22-4)14-8-9-17(20)15(10-14)11-23-13(3)19/h8-10,12,16,20H,5-7,11H2,1-4H3. The van der Waals surface area contributed by atoms with Gasteiger partial charge in [0, 0.05) is 12.5 Å². The minimum atomic E-state index is -0.403. The van der Waals surface area contributed by atoms with Crippen LogP contribution in [-0.4, -0.2) is 24.2 Å². The lowest BCUT2D eigenvalue weighted by atomic mass is 9.82. The number of unbranched alkanes of at least 4 members (excludes halogenated alkanes) is 1. The van der Waals surface area contributed by atoms with Crippen molar-refractivity contribution >= 4 is 11.9 Å². The van der Waals surface area contributed by atoms with E-state index in [9.17, 15) is 14.7 Å². The Balaban J connectivity index is 3.07. The first-order chi connectivity index (χ1) is 10.9. The molecule has 0 bridgehead atoms. The number of benzene rings is 1. The number of rotatable bonds is 8. The summed E-state index contributed by atoms with van der Waals surface area (Å²) in [7, 11) is 1.39. The van der Waals surface area contributed by atoms with Crippen LogP contribution < -0.4 is 0 Å². The summed E-state index contributed by atoms with van der Waals surface area (Å²) in [4.78, 5) is 22.9. The third kappa shape index (κ3) is 5.58. The van der Waals surface area contributed by atoms with Gasteiger partial charge in [0.25, 0.3) is 0 Å². The van der Waals surface area contributed by atoms with Crippen molar-refractivity contribution in [3.05, 3.63) is 29.3 Å². The van der Waals surface area contributed by atoms with Crippen LogP contribution in [0.1, 0.15) is 57.1 Å². The van der Waals surface area contributed by atoms with Crippen molar-refractivity contribution in [2.45, 2.75) is 52.6 Å². The van der Waals surface area contributed by atoms with Crippen LogP contribution >= 0.6 is 0 Å². The SMILES string of the molecule is CCCCC(c1ccc(O)c(COC(C)=O)c1)C(C)C(=O)OC. The Hall–Kier alpha value is -2.04. The molecule has 0 radical (unpaired) electrons. The van der Waals surface area contributed by atoms with Gasteiger partial charge in [-0.25, -0.2) is 0 Å². The van der Waals surface area contributed by atoms with Gasteiger partial charge in [0.15, 0.2) is 0 Å². The molecule has 0 aliphatic heterocycles. The highest BCUT2D eigenvalue weighted by Gasteiger charge is 2.26. The molecular weight excluding hydrogens is 296 g/mol. The number of esters is 2. The minimum absolute atomic E-state index is 0.000854. The summed E-state index contributed by atoms with van der Waals surface area (Å²) in [6.45, 7) is 5.29. The van der Waals surface area contributed by atoms with E-state index in [2.05, 4.69) is 6.92 Å². The van der Waals surface area contributed by atoms with E-state index in [-0.39, 0.29) is 30.2 Å². The summed E-state index contributed by atoms with van der Waals surface area (Å²) in [5.74, 6) is -0.854. The van der Waals surface area contributed by atoms with Gasteiger partial charge in [0.1, 0.15) is 12.4 Å². The summed E-state index contributed by atoms with van der Waals surface area (Å²) in [6.07, 6.45) is 2.87. The summed E-state index contributed by atoms with van der Waals surface area (Å²) in [5.41, 5.74) is 1.48. The summed E-state index contributed by atoms with van der Waals surface area (Å²) in [5, 5.41) is 9.92. The molecule has 1 aromatic rings. The fraction of sp³-hybridized carbons (Fsp3) is 0.556. The average molecular weight is 322 g/mol. The van der Waals surface area contributed by atoms with Crippen molar-refractivity contribution in [2.75, 3.05) is 7.11 Å². The van der Waals surface area contributed by atoms with Gasteiger partial charge in [-0.2, -0.15) is 0 Å². The maximum Gasteiger partial charge on any atom is 0.308 e. The number of hydrogen-bond donors (Lipinski definition) is 1. The zero-order valence-electron chi connectivity index (χ0n) is 14.3. The van der Waals surface area contributed by atoms with Gasteiger partial charge in [-0.1, -0.05) is 32.8 Å². The first-order valence-electron chi connectivity index (χ1n) is 7.93. The number of hydrogen-bond acceptors (Lipinski definition) is 5. The number of ether oxygens (including phenoxy) is 2. The van der Waals surface area contributed by atoms with Crippen molar-refractivity contribution in [1.82, 2.24) is 0 Å². The van der Waals surface area contributed by atoms with E-state index >= 15 is 0 Å². The molecule has 1 rings (SSSR count). The molecular formula is C18H26O5. The third-order valence-electron chi connectivity index (χ3n) is 4.01. The van der Waals surface area contributed by atoms with E-state index in [0.29, 0.717) is 5.56 Å². The highest BCUT2D eigenvalue weighted by molar-refractivity contribution is 5.73. The Morgan fingerprint density at radius 2 is 2.00 bits per heavy atom. The molecule has 1 aromatic carbocycles. The van der Waals surface area contributed by atoms with E-state index < -0.39 is 5.97 Å². The van der Waals surface area contributed by atoms with Crippen LogP contribution in [0.4, 0.5) is 0 Å². The largest absolute Gasteiger partial charge is 0.508 e. The second-order valence-electron chi connectivity index (χ2n) is 5.73. The van der Waals surface area contributed by atoms with Crippen LogP contribution in [0.3, 0.4) is 0 Å². The first-order valence-corrected chi connectivity index (χ1v) is 7.93.